The zero-order valence-electron chi connectivity index (χ0n) is 9.80. The standard InChI is InChI=1S/C12H15NO2S2/c1-8-10(3-5-14)17-11(13-8)12(2,15)9-4-6-16-7-9/h4,6-7,14-15H,3,5H2,1-2H3. The van der Waals surface area contributed by atoms with Gasteiger partial charge in [-0.3, -0.25) is 0 Å². The number of aliphatic hydroxyl groups excluding tert-OH is 1. The maximum atomic E-state index is 10.5. The van der Waals surface area contributed by atoms with Crippen LogP contribution in [0.4, 0.5) is 0 Å². The van der Waals surface area contributed by atoms with Crippen LogP contribution < -0.4 is 0 Å². The first kappa shape index (κ1) is 12.7. The average molecular weight is 269 g/mol. The number of nitrogens with zero attached hydrogens (tertiary/aromatic N) is 1. The third-order valence-electron chi connectivity index (χ3n) is 2.73. The topological polar surface area (TPSA) is 53.4 Å². The number of aryl methyl sites for hydroxylation is 1. The molecule has 0 aliphatic carbocycles. The van der Waals surface area contributed by atoms with E-state index in [1.54, 1.807) is 18.3 Å². The molecule has 0 saturated heterocycles. The first-order valence-corrected chi connectivity index (χ1v) is 7.14. The highest BCUT2D eigenvalue weighted by atomic mass is 32.1. The second kappa shape index (κ2) is 4.86. The molecule has 2 aromatic heterocycles. The monoisotopic (exact) mass is 269 g/mol. The minimum Gasteiger partial charge on any atom is -0.396 e. The van der Waals surface area contributed by atoms with E-state index in [-0.39, 0.29) is 6.61 Å². The molecule has 2 rings (SSSR count). The summed E-state index contributed by atoms with van der Waals surface area (Å²) in [5, 5.41) is 24.1. The van der Waals surface area contributed by atoms with Crippen molar-refractivity contribution in [3.63, 3.8) is 0 Å². The fourth-order valence-electron chi connectivity index (χ4n) is 1.63. The normalized spacial score (nSPS) is 14.8. The second-order valence-corrected chi connectivity index (χ2v) is 5.95. The van der Waals surface area contributed by atoms with Crippen LogP contribution in [-0.4, -0.2) is 21.8 Å². The van der Waals surface area contributed by atoms with E-state index in [1.807, 2.05) is 23.8 Å². The molecule has 2 heterocycles. The Hall–Kier alpha value is -0.750. The van der Waals surface area contributed by atoms with Gasteiger partial charge in [0, 0.05) is 23.5 Å². The highest BCUT2D eigenvalue weighted by molar-refractivity contribution is 7.12. The Bertz CT molecular complexity index is 489. The zero-order valence-corrected chi connectivity index (χ0v) is 11.4. The number of aliphatic hydroxyl groups is 2. The molecule has 0 spiro atoms. The molecule has 0 bridgehead atoms. The molecule has 0 amide bonds. The van der Waals surface area contributed by atoms with Gasteiger partial charge in [-0.25, -0.2) is 4.98 Å². The van der Waals surface area contributed by atoms with E-state index in [2.05, 4.69) is 4.98 Å². The lowest BCUT2D eigenvalue weighted by Gasteiger charge is -2.19. The molecule has 0 fully saturated rings. The summed E-state index contributed by atoms with van der Waals surface area (Å²) in [5.41, 5.74) is 0.727. The van der Waals surface area contributed by atoms with Crippen LogP contribution in [0.3, 0.4) is 0 Å². The summed E-state index contributed by atoms with van der Waals surface area (Å²) in [5.74, 6) is 0. The molecule has 92 valence electrons. The van der Waals surface area contributed by atoms with E-state index >= 15 is 0 Å². The van der Waals surface area contributed by atoms with Gasteiger partial charge in [-0.2, -0.15) is 11.3 Å². The van der Waals surface area contributed by atoms with Crippen molar-refractivity contribution in [3.05, 3.63) is 38.0 Å². The van der Waals surface area contributed by atoms with Crippen molar-refractivity contribution in [1.82, 2.24) is 4.98 Å². The quantitative estimate of drug-likeness (QED) is 0.895. The molecule has 0 radical (unpaired) electrons. The van der Waals surface area contributed by atoms with Crippen molar-refractivity contribution < 1.29 is 10.2 Å². The van der Waals surface area contributed by atoms with Crippen LogP contribution in [0, 0.1) is 6.92 Å². The molecule has 2 N–H and O–H groups in total. The first-order valence-electron chi connectivity index (χ1n) is 5.38. The number of hydrogen-bond donors (Lipinski definition) is 2. The van der Waals surface area contributed by atoms with E-state index in [0.29, 0.717) is 11.4 Å². The fourth-order valence-corrected chi connectivity index (χ4v) is 3.51. The maximum Gasteiger partial charge on any atom is 0.139 e. The van der Waals surface area contributed by atoms with Crippen LogP contribution in [0.25, 0.3) is 0 Å². The van der Waals surface area contributed by atoms with Crippen molar-refractivity contribution in [3.8, 4) is 0 Å². The highest BCUT2D eigenvalue weighted by Gasteiger charge is 2.30. The van der Waals surface area contributed by atoms with E-state index in [9.17, 15) is 5.11 Å². The van der Waals surface area contributed by atoms with Gasteiger partial charge in [0.15, 0.2) is 0 Å². The Labute approximate surface area is 108 Å². The maximum absolute atomic E-state index is 10.5. The summed E-state index contributed by atoms with van der Waals surface area (Å²) in [6, 6.07) is 1.91. The number of thiazole rings is 1. The van der Waals surface area contributed by atoms with Gasteiger partial charge in [0.25, 0.3) is 0 Å². The Kier molecular flexibility index (Phi) is 3.63. The summed E-state index contributed by atoms with van der Waals surface area (Å²) in [6.07, 6.45) is 0.600. The zero-order chi connectivity index (χ0) is 12.5. The van der Waals surface area contributed by atoms with Gasteiger partial charge < -0.3 is 10.2 Å². The summed E-state index contributed by atoms with van der Waals surface area (Å²) >= 11 is 3.03. The molecule has 5 heteroatoms. The van der Waals surface area contributed by atoms with Crippen LogP contribution in [0.5, 0.6) is 0 Å². The van der Waals surface area contributed by atoms with Crippen molar-refractivity contribution >= 4 is 22.7 Å². The Morgan fingerprint density at radius 3 is 2.82 bits per heavy atom. The van der Waals surface area contributed by atoms with E-state index in [1.165, 1.54) is 11.3 Å². The summed E-state index contributed by atoms with van der Waals surface area (Å²) in [6.45, 7) is 3.79. The third-order valence-corrected chi connectivity index (χ3v) is 4.84. The average Bonchev–Trinajstić information content (AvgIpc) is 2.89. The smallest absolute Gasteiger partial charge is 0.139 e. The van der Waals surface area contributed by atoms with Crippen LogP contribution in [0.15, 0.2) is 16.8 Å². The highest BCUT2D eigenvalue weighted by Crippen LogP contribution is 2.34. The van der Waals surface area contributed by atoms with Crippen LogP contribution in [0.1, 0.15) is 28.1 Å². The predicted molar refractivity (Wildman–Crippen MR) is 70.6 cm³/mol. The molecular weight excluding hydrogens is 254 g/mol. The van der Waals surface area contributed by atoms with Gasteiger partial charge >= 0.3 is 0 Å². The molecule has 1 unspecified atom stereocenters. The first-order chi connectivity index (χ1) is 8.05. The minimum absolute atomic E-state index is 0.114. The molecule has 3 nitrogen and oxygen atoms in total. The van der Waals surface area contributed by atoms with E-state index in [0.717, 1.165) is 16.1 Å². The summed E-state index contributed by atoms with van der Waals surface area (Å²) in [7, 11) is 0. The summed E-state index contributed by atoms with van der Waals surface area (Å²) < 4.78 is 0. The minimum atomic E-state index is -1.04. The molecule has 0 aliphatic heterocycles. The van der Waals surface area contributed by atoms with Crippen molar-refractivity contribution in [2.24, 2.45) is 0 Å². The van der Waals surface area contributed by atoms with Crippen LogP contribution in [-0.2, 0) is 12.0 Å². The van der Waals surface area contributed by atoms with Crippen LogP contribution >= 0.6 is 22.7 Å². The SMILES string of the molecule is Cc1nc(C(C)(O)c2ccsc2)sc1CCO. The lowest BCUT2D eigenvalue weighted by Crippen LogP contribution is -2.21. The molecule has 0 aliphatic rings. The molecule has 0 saturated carbocycles. The molecule has 17 heavy (non-hydrogen) atoms. The Morgan fingerprint density at radius 2 is 2.24 bits per heavy atom. The van der Waals surface area contributed by atoms with Gasteiger partial charge in [-0.15, -0.1) is 11.3 Å². The van der Waals surface area contributed by atoms with Gasteiger partial charge in [0.2, 0.25) is 0 Å². The number of hydrogen-bond acceptors (Lipinski definition) is 5. The van der Waals surface area contributed by atoms with E-state index in [4.69, 9.17) is 5.11 Å². The van der Waals surface area contributed by atoms with E-state index < -0.39 is 5.60 Å². The predicted octanol–water partition coefficient (Wildman–Crippen LogP) is 2.30. The van der Waals surface area contributed by atoms with Gasteiger partial charge in [-0.05, 0) is 30.7 Å². The van der Waals surface area contributed by atoms with Crippen molar-refractivity contribution in [2.45, 2.75) is 25.9 Å². The van der Waals surface area contributed by atoms with Crippen molar-refractivity contribution in [2.75, 3.05) is 6.61 Å². The van der Waals surface area contributed by atoms with Gasteiger partial charge in [-0.1, -0.05) is 0 Å². The van der Waals surface area contributed by atoms with Crippen molar-refractivity contribution in [1.29, 1.82) is 0 Å². The molecule has 1 atom stereocenters. The lowest BCUT2D eigenvalue weighted by molar-refractivity contribution is 0.102. The summed E-state index contributed by atoms with van der Waals surface area (Å²) in [4.78, 5) is 5.46. The third kappa shape index (κ3) is 2.42. The number of rotatable bonds is 4. The van der Waals surface area contributed by atoms with Gasteiger partial charge in [0.1, 0.15) is 10.6 Å². The number of aromatic nitrogens is 1. The van der Waals surface area contributed by atoms with Gasteiger partial charge in [0.05, 0.1) is 5.69 Å². The molecule has 2 aromatic rings. The Balaban J connectivity index is 2.37. The molecular formula is C12H15NO2S2. The molecule has 0 aromatic carbocycles. The fraction of sp³-hybridized carbons (Fsp3) is 0.417. The second-order valence-electron chi connectivity index (χ2n) is 4.09. The lowest BCUT2D eigenvalue weighted by atomic mass is 10.0. The number of thiophene rings is 1. The largest absolute Gasteiger partial charge is 0.396 e. The van der Waals surface area contributed by atoms with Crippen LogP contribution in [0.2, 0.25) is 0 Å². The Morgan fingerprint density at radius 1 is 1.47 bits per heavy atom.